The van der Waals surface area contributed by atoms with Gasteiger partial charge in [-0.15, -0.1) is 0 Å². The number of para-hydroxylation sites is 1. The smallest absolute Gasteiger partial charge is 0.259 e. The van der Waals surface area contributed by atoms with E-state index in [0.717, 1.165) is 24.5 Å². The monoisotopic (exact) mass is 359 g/mol. The van der Waals surface area contributed by atoms with E-state index in [-0.39, 0.29) is 5.91 Å². The van der Waals surface area contributed by atoms with E-state index in [1.54, 1.807) is 11.1 Å². The molecular weight excluding hydrogens is 334 g/mol. The number of amides is 1. The van der Waals surface area contributed by atoms with Crippen molar-refractivity contribution >= 4 is 17.3 Å². The van der Waals surface area contributed by atoms with Crippen molar-refractivity contribution in [3.63, 3.8) is 0 Å². The van der Waals surface area contributed by atoms with Crippen molar-refractivity contribution in [3.8, 4) is 0 Å². The van der Waals surface area contributed by atoms with Crippen LogP contribution in [0.2, 0.25) is 0 Å². The van der Waals surface area contributed by atoms with E-state index in [4.69, 9.17) is 0 Å². The number of anilines is 2. The first-order valence-corrected chi connectivity index (χ1v) is 9.33. The van der Waals surface area contributed by atoms with Crippen molar-refractivity contribution in [2.75, 3.05) is 22.9 Å². The summed E-state index contributed by atoms with van der Waals surface area (Å²) in [6.07, 6.45) is 3.47. The average molecular weight is 359 g/mol. The van der Waals surface area contributed by atoms with Crippen LogP contribution in [0.25, 0.3) is 0 Å². The molecule has 0 spiro atoms. The van der Waals surface area contributed by atoms with Gasteiger partial charge in [0.2, 0.25) is 0 Å². The van der Waals surface area contributed by atoms with E-state index in [1.165, 1.54) is 5.56 Å². The summed E-state index contributed by atoms with van der Waals surface area (Å²) in [6.45, 7) is 6.32. The lowest BCUT2D eigenvalue weighted by atomic mass is 10.1. The minimum Gasteiger partial charge on any atom is -0.366 e. The first-order valence-electron chi connectivity index (χ1n) is 9.33. The van der Waals surface area contributed by atoms with Gasteiger partial charge in [0, 0.05) is 31.5 Å². The standard InChI is InChI=1S/C23H25N3O/c1-3-25(18-19-11-7-5-8-12-19)22-15-20(16-24-17-22)23(27)26(4-2)21-13-9-6-10-14-21/h5-17H,3-4,18H2,1-2H3. The van der Waals surface area contributed by atoms with Crippen molar-refractivity contribution in [2.45, 2.75) is 20.4 Å². The van der Waals surface area contributed by atoms with Crippen molar-refractivity contribution < 1.29 is 4.79 Å². The minimum absolute atomic E-state index is 0.0335. The Kier molecular flexibility index (Phi) is 6.21. The molecule has 0 aliphatic rings. The van der Waals surface area contributed by atoms with Crippen molar-refractivity contribution in [3.05, 3.63) is 90.3 Å². The highest BCUT2D eigenvalue weighted by atomic mass is 16.2. The van der Waals surface area contributed by atoms with Crippen molar-refractivity contribution in [1.82, 2.24) is 4.98 Å². The van der Waals surface area contributed by atoms with E-state index in [1.807, 2.05) is 67.7 Å². The molecule has 0 saturated carbocycles. The number of rotatable bonds is 7. The molecule has 0 N–H and O–H groups in total. The van der Waals surface area contributed by atoms with Crippen LogP contribution in [0.1, 0.15) is 29.8 Å². The zero-order valence-electron chi connectivity index (χ0n) is 15.9. The Balaban J connectivity index is 1.84. The van der Waals surface area contributed by atoms with Gasteiger partial charge in [-0.25, -0.2) is 0 Å². The second-order valence-corrected chi connectivity index (χ2v) is 6.32. The van der Waals surface area contributed by atoms with Crippen LogP contribution in [0, 0.1) is 0 Å². The molecule has 0 bridgehead atoms. The number of benzene rings is 2. The number of carbonyl (C=O) groups excluding carboxylic acids is 1. The third-order valence-corrected chi connectivity index (χ3v) is 4.56. The molecule has 138 valence electrons. The average Bonchev–Trinajstić information content (AvgIpc) is 2.74. The van der Waals surface area contributed by atoms with Crippen LogP contribution < -0.4 is 9.80 Å². The molecule has 0 fully saturated rings. The molecule has 27 heavy (non-hydrogen) atoms. The van der Waals surface area contributed by atoms with E-state index in [9.17, 15) is 4.79 Å². The molecule has 1 aromatic heterocycles. The van der Waals surface area contributed by atoms with Crippen LogP contribution >= 0.6 is 0 Å². The van der Waals surface area contributed by atoms with Gasteiger partial charge in [0.05, 0.1) is 17.4 Å². The van der Waals surface area contributed by atoms with Gasteiger partial charge >= 0.3 is 0 Å². The SMILES string of the molecule is CCN(Cc1ccccc1)c1cncc(C(=O)N(CC)c2ccccc2)c1. The fourth-order valence-corrected chi connectivity index (χ4v) is 3.11. The van der Waals surface area contributed by atoms with Crippen LogP contribution in [0.15, 0.2) is 79.1 Å². The Labute approximate surface area is 161 Å². The predicted octanol–water partition coefficient (Wildman–Crippen LogP) is 4.77. The molecule has 3 rings (SSSR count). The Morgan fingerprint density at radius 2 is 1.52 bits per heavy atom. The van der Waals surface area contributed by atoms with Gasteiger partial charge < -0.3 is 9.80 Å². The minimum atomic E-state index is -0.0335. The van der Waals surface area contributed by atoms with Gasteiger partial charge in [-0.3, -0.25) is 9.78 Å². The summed E-state index contributed by atoms with van der Waals surface area (Å²) >= 11 is 0. The molecule has 2 aromatic carbocycles. The summed E-state index contributed by atoms with van der Waals surface area (Å²) in [5.74, 6) is -0.0335. The van der Waals surface area contributed by atoms with Crippen molar-refractivity contribution in [1.29, 1.82) is 0 Å². The second kappa shape index (κ2) is 8.99. The number of pyridine rings is 1. The maximum atomic E-state index is 13.1. The quantitative estimate of drug-likeness (QED) is 0.609. The second-order valence-electron chi connectivity index (χ2n) is 6.32. The molecule has 4 nitrogen and oxygen atoms in total. The third kappa shape index (κ3) is 4.53. The van der Waals surface area contributed by atoms with Gasteiger partial charge in [0.25, 0.3) is 5.91 Å². The van der Waals surface area contributed by atoms with Gasteiger partial charge in [0.15, 0.2) is 0 Å². The lowest BCUT2D eigenvalue weighted by molar-refractivity contribution is 0.0988. The molecular formula is C23H25N3O. The largest absolute Gasteiger partial charge is 0.366 e. The topological polar surface area (TPSA) is 36.4 Å². The highest BCUT2D eigenvalue weighted by Crippen LogP contribution is 2.21. The van der Waals surface area contributed by atoms with Gasteiger partial charge in [-0.2, -0.15) is 0 Å². The Morgan fingerprint density at radius 3 is 2.15 bits per heavy atom. The number of carbonyl (C=O) groups is 1. The van der Waals surface area contributed by atoms with Gasteiger partial charge in [-0.1, -0.05) is 48.5 Å². The molecule has 0 aliphatic carbocycles. The Bertz CT molecular complexity index is 865. The van der Waals surface area contributed by atoms with E-state index >= 15 is 0 Å². The lowest BCUT2D eigenvalue weighted by Crippen LogP contribution is -2.31. The van der Waals surface area contributed by atoms with Crippen LogP contribution in [-0.2, 0) is 6.54 Å². The van der Waals surface area contributed by atoms with E-state index in [0.29, 0.717) is 12.1 Å². The molecule has 4 heteroatoms. The number of nitrogens with zero attached hydrogens (tertiary/aromatic N) is 3. The maximum Gasteiger partial charge on any atom is 0.259 e. The van der Waals surface area contributed by atoms with Gasteiger partial charge in [-0.05, 0) is 37.6 Å². The predicted molar refractivity (Wildman–Crippen MR) is 111 cm³/mol. The Morgan fingerprint density at radius 1 is 0.852 bits per heavy atom. The van der Waals surface area contributed by atoms with Crippen LogP contribution in [0.5, 0.6) is 0 Å². The summed E-state index contributed by atoms with van der Waals surface area (Å²) in [5, 5.41) is 0. The Hall–Kier alpha value is -3.14. The molecule has 0 atom stereocenters. The molecule has 0 radical (unpaired) electrons. The molecule has 0 aliphatic heterocycles. The fourth-order valence-electron chi connectivity index (χ4n) is 3.11. The summed E-state index contributed by atoms with van der Waals surface area (Å²) in [7, 11) is 0. The first-order chi connectivity index (χ1) is 13.2. The molecule has 1 heterocycles. The van der Waals surface area contributed by atoms with Crippen LogP contribution in [-0.4, -0.2) is 24.0 Å². The molecule has 3 aromatic rings. The van der Waals surface area contributed by atoms with E-state index < -0.39 is 0 Å². The number of aromatic nitrogens is 1. The highest BCUT2D eigenvalue weighted by molar-refractivity contribution is 6.06. The first kappa shape index (κ1) is 18.6. The van der Waals surface area contributed by atoms with Crippen LogP contribution in [0.4, 0.5) is 11.4 Å². The number of hydrogen-bond acceptors (Lipinski definition) is 3. The summed E-state index contributed by atoms with van der Waals surface area (Å²) < 4.78 is 0. The van der Waals surface area contributed by atoms with Crippen LogP contribution in [0.3, 0.4) is 0 Å². The summed E-state index contributed by atoms with van der Waals surface area (Å²) in [5.41, 5.74) is 3.68. The van der Waals surface area contributed by atoms with Gasteiger partial charge in [0.1, 0.15) is 0 Å². The summed E-state index contributed by atoms with van der Waals surface area (Å²) in [6, 6.07) is 22.0. The van der Waals surface area contributed by atoms with Crippen molar-refractivity contribution in [2.24, 2.45) is 0 Å². The molecule has 0 saturated heterocycles. The highest BCUT2D eigenvalue weighted by Gasteiger charge is 2.17. The molecule has 1 amide bonds. The fraction of sp³-hybridized carbons (Fsp3) is 0.217. The zero-order chi connectivity index (χ0) is 19.1. The lowest BCUT2D eigenvalue weighted by Gasteiger charge is -2.25. The molecule has 0 unspecified atom stereocenters. The maximum absolute atomic E-state index is 13.1. The summed E-state index contributed by atoms with van der Waals surface area (Å²) in [4.78, 5) is 21.4. The normalized spacial score (nSPS) is 10.4. The number of hydrogen-bond donors (Lipinski definition) is 0. The zero-order valence-corrected chi connectivity index (χ0v) is 15.9. The van der Waals surface area contributed by atoms with E-state index in [2.05, 4.69) is 28.9 Å². The third-order valence-electron chi connectivity index (χ3n) is 4.56.